The van der Waals surface area contributed by atoms with Crippen LogP contribution in [0.4, 0.5) is 5.69 Å². The third-order valence-electron chi connectivity index (χ3n) is 1.81. The third kappa shape index (κ3) is 2.04. The standard InChI is InChI=1S/C8H12ClN3O2/c1-5(2)4-6-7(12(13)14)8(9)11(3)10-6/h5H,4H2,1-3H3. The SMILES string of the molecule is CC(C)Cc1nn(C)c(Cl)c1[N+](=O)[O-]. The molecule has 0 aromatic carbocycles. The Labute approximate surface area is 86.8 Å². The van der Waals surface area contributed by atoms with Crippen LogP contribution >= 0.6 is 11.6 Å². The van der Waals surface area contributed by atoms with Crippen molar-refractivity contribution in [3.63, 3.8) is 0 Å². The zero-order valence-electron chi connectivity index (χ0n) is 8.32. The molecule has 0 aliphatic rings. The van der Waals surface area contributed by atoms with Gasteiger partial charge in [-0.1, -0.05) is 25.4 Å². The zero-order valence-corrected chi connectivity index (χ0v) is 9.08. The van der Waals surface area contributed by atoms with Crippen LogP contribution in [-0.2, 0) is 13.5 Å². The minimum atomic E-state index is -0.479. The second-order valence-electron chi connectivity index (χ2n) is 3.56. The summed E-state index contributed by atoms with van der Waals surface area (Å²) in [6, 6.07) is 0. The number of hydrogen-bond donors (Lipinski definition) is 0. The number of nitrogens with zero attached hydrogens (tertiary/aromatic N) is 3. The molecular weight excluding hydrogens is 206 g/mol. The lowest BCUT2D eigenvalue weighted by Crippen LogP contribution is -1.99. The lowest BCUT2D eigenvalue weighted by molar-refractivity contribution is -0.385. The molecular formula is C8H12ClN3O2. The number of halogens is 1. The van der Waals surface area contributed by atoms with Gasteiger partial charge in [-0.05, 0) is 5.92 Å². The monoisotopic (exact) mass is 217 g/mol. The van der Waals surface area contributed by atoms with Crippen LogP contribution in [0.1, 0.15) is 19.5 Å². The second-order valence-corrected chi connectivity index (χ2v) is 3.92. The van der Waals surface area contributed by atoms with Gasteiger partial charge in [-0.15, -0.1) is 0 Å². The highest BCUT2D eigenvalue weighted by molar-refractivity contribution is 6.31. The van der Waals surface area contributed by atoms with Crippen LogP contribution in [0, 0.1) is 16.0 Å². The molecule has 14 heavy (non-hydrogen) atoms. The summed E-state index contributed by atoms with van der Waals surface area (Å²) in [7, 11) is 1.60. The Bertz CT molecular complexity index is 360. The van der Waals surface area contributed by atoms with Gasteiger partial charge in [0.15, 0.2) is 0 Å². The Morgan fingerprint density at radius 2 is 2.21 bits per heavy atom. The van der Waals surface area contributed by atoms with E-state index in [0.717, 1.165) is 0 Å². The van der Waals surface area contributed by atoms with Crippen molar-refractivity contribution < 1.29 is 4.92 Å². The maximum atomic E-state index is 10.7. The summed E-state index contributed by atoms with van der Waals surface area (Å²) in [6.45, 7) is 3.96. The van der Waals surface area contributed by atoms with Crippen LogP contribution in [0.5, 0.6) is 0 Å². The van der Waals surface area contributed by atoms with Gasteiger partial charge >= 0.3 is 5.69 Å². The molecule has 1 aromatic heterocycles. The van der Waals surface area contributed by atoms with E-state index >= 15 is 0 Å². The van der Waals surface area contributed by atoms with Crippen molar-refractivity contribution in [1.29, 1.82) is 0 Å². The highest BCUT2D eigenvalue weighted by Gasteiger charge is 2.25. The normalized spacial score (nSPS) is 10.9. The number of hydrogen-bond acceptors (Lipinski definition) is 3. The fraction of sp³-hybridized carbons (Fsp3) is 0.625. The van der Waals surface area contributed by atoms with Crippen molar-refractivity contribution in [1.82, 2.24) is 9.78 Å². The van der Waals surface area contributed by atoms with Crippen molar-refractivity contribution >= 4 is 17.3 Å². The van der Waals surface area contributed by atoms with Gasteiger partial charge in [0.2, 0.25) is 5.15 Å². The summed E-state index contributed by atoms with van der Waals surface area (Å²) in [4.78, 5) is 10.2. The van der Waals surface area contributed by atoms with E-state index in [1.165, 1.54) is 4.68 Å². The molecule has 0 fully saturated rings. The van der Waals surface area contributed by atoms with E-state index in [4.69, 9.17) is 11.6 Å². The first-order valence-electron chi connectivity index (χ1n) is 4.29. The number of aromatic nitrogens is 2. The Balaban J connectivity index is 3.15. The molecule has 1 heterocycles. The first-order valence-corrected chi connectivity index (χ1v) is 4.67. The van der Waals surface area contributed by atoms with Gasteiger partial charge in [0.05, 0.1) is 4.92 Å². The zero-order chi connectivity index (χ0) is 10.9. The van der Waals surface area contributed by atoms with E-state index in [1.54, 1.807) is 7.05 Å². The molecule has 1 aromatic rings. The molecule has 0 aliphatic heterocycles. The molecule has 0 atom stereocenters. The van der Waals surface area contributed by atoms with E-state index in [1.807, 2.05) is 13.8 Å². The fourth-order valence-corrected chi connectivity index (χ4v) is 1.47. The van der Waals surface area contributed by atoms with Gasteiger partial charge in [-0.2, -0.15) is 5.10 Å². The highest BCUT2D eigenvalue weighted by Crippen LogP contribution is 2.28. The summed E-state index contributed by atoms with van der Waals surface area (Å²) in [5.74, 6) is 0.319. The van der Waals surface area contributed by atoms with E-state index in [0.29, 0.717) is 18.0 Å². The first kappa shape index (κ1) is 11.0. The molecule has 6 heteroatoms. The van der Waals surface area contributed by atoms with Gasteiger partial charge in [-0.3, -0.25) is 14.8 Å². The van der Waals surface area contributed by atoms with Crippen LogP contribution in [0.25, 0.3) is 0 Å². The summed E-state index contributed by atoms with van der Waals surface area (Å²) >= 11 is 5.75. The predicted octanol–water partition coefficient (Wildman–Crippen LogP) is 2.18. The first-order chi connectivity index (χ1) is 6.43. The topological polar surface area (TPSA) is 61.0 Å². The molecule has 0 bridgehead atoms. The van der Waals surface area contributed by atoms with Crippen LogP contribution in [0.2, 0.25) is 5.15 Å². The van der Waals surface area contributed by atoms with Gasteiger partial charge in [0.1, 0.15) is 5.69 Å². The Kier molecular flexibility index (Phi) is 3.10. The van der Waals surface area contributed by atoms with E-state index in [-0.39, 0.29) is 10.8 Å². The smallest absolute Gasteiger partial charge is 0.258 e. The molecule has 0 radical (unpaired) electrons. The van der Waals surface area contributed by atoms with Crippen molar-refractivity contribution in [3.05, 3.63) is 21.0 Å². The molecule has 0 saturated heterocycles. The molecule has 0 saturated carbocycles. The summed E-state index contributed by atoms with van der Waals surface area (Å²) in [5.41, 5.74) is 0.389. The minimum absolute atomic E-state index is 0.0668. The quantitative estimate of drug-likeness (QED) is 0.576. The summed E-state index contributed by atoms with van der Waals surface area (Å²) in [5, 5.41) is 14.8. The molecule has 78 valence electrons. The Morgan fingerprint density at radius 3 is 2.64 bits per heavy atom. The predicted molar refractivity (Wildman–Crippen MR) is 53.4 cm³/mol. The number of rotatable bonds is 3. The van der Waals surface area contributed by atoms with Gasteiger partial charge in [0.25, 0.3) is 0 Å². The maximum absolute atomic E-state index is 10.7. The van der Waals surface area contributed by atoms with Crippen LogP contribution in [0.15, 0.2) is 0 Å². The average molecular weight is 218 g/mol. The fourth-order valence-electron chi connectivity index (χ4n) is 1.25. The van der Waals surface area contributed by atoms with Crippen LogP contribution in [-0.4, -0.2) is 14.7 Å². The van der Waals surface area contributed by atoms with Crippen molar-refractivity contribution in [2.75, 3.05) is 0 Å². The third-order valence-corrected chi connectivity index (χ3v) is 2.23. The van der Waals surface area contributed by atoms with Gasteiger partial charge in [0, 0.05) is 13.5 Å². The van der Waals surface area contributed by atoms with Gasteiger partial charge in [-0.25, -0.2) is 0 Å². The van der Waals surface area contributed by atoms with Crippen molar-refractivity contribution in [2.24, 2.45) is 13.0 Å². The summed E-state index contributed by atoms with van der Waals surface area (Å²) < 4.78 is 1.33. The van der Waals surface area contributed by atoms with E-state index in [2.05, 4.69) is 5.10 Å². The molecule has 1 rings (SSSR count). The largest absolute Gasteiger partial charge is 0.329 e. The maximum Gasteiger partial charge on any atom is 0.329 e. The number of nitro groups is 1. The Morgan fingerprint density at radius 1 is 1.64 bits per heavy atom. The van der Waals surface area contributed by atoms with E-state index < -0.39 is 4.92 Å². The van der Waals surface area contributed by atoms with E-state index in [9.17, 15) is 10.1 Å². The van der Waals surface area contributed by atoms with Crippen LogP contribution < -0.4 is 0 Å². The molecule has 0 N–H and O–H groups in total. The summed E-state index contributed by atoms with van der Waals surface area (Å²) in [6.07, 6.45) is 0.566. The van der Waals surface area contributed by atoms with Crippen molar-refractivity contribution in [2.45, 2.75) is 20.3 Å². The highest BCUT2D eigenvalue weighted by atomic mass is 35.5. The average Bonchev–Trinajstić information content (AvgIpc) is 2.26. The molecule has 5 nitrogen and oxygen atoms in total. The lowest BCUT2D eigenvalue weighted by atomic mass is 10.1. The van der Waals surface area contributed by atoms with Gasteiger partial charge < -0.3 is 0 Å². The molecule has 0 unspecified atom stereocenters. The molecule has 0 amide bonds. The molecule has 0 aliphatic carbocycles. The minimum Gasteiger partial charge on any atom is -0.258 e. The van der Waals surface area contributed by atoms with Crippen LogP contribution in [0.3, 0.4) is 0 Å². The second kappa shape index (κ2) is 3.96. The Hall–Kier alpha value is -1.10. The lowest BCUT2D eigenvalue weighted by Gasteiger charge is -1.99. The van der Waals surface area contributed by atoms with Crippen molar-refractivity contribution in [3.8, 4) is 0 Å². The number of aryl methyl sites for hydroxylation is 1. The molecule has 0 spiro atoms.